The van der Waals surface area contributed by atoms with E-state index in [0.29, 0.717) is 10.6 Å². The van der Waals surface area contributed by atoms with Gasteiger partial charge in [0.1, 0.15) is 17.9 Å². The average Bonchev–Trinajstić information content (AvgIpc) is 3.04. The zero-order valence-corrected chi connectivity index (χ0v) is 17.1. The maximum atomic E-state index is 13.0. The summed E-state index contributed by atoms with van der Waals surface area (Å²) in [4.78, 5) is 60.0. The van der Waals surface area contributed by atoms with E-state index in [0.717, 1.165) is 6.07 Å². The summed E-state index contributed by atoms with van der Waals surface area (Å²) in [7, 11) is 0. The van der Waals surface area contributed by atoms with Gasteiger partial charge in [-0.3, -0.25) is 29.4 Å². The number of imide groups is 1. The maximum Gasteiger partial charge on any atom is 0.326 e. The molecule has 4 rings (SSSR count). The zero-order valence-electron chi connectivity index (χ0n) is 17.1. The summed E-state index contributed by atoms with van der Waals surface area (Å²) in [6.07, 6.45) is 0. The Bertz CT molecular complexity index is 1330. The van der Waals surface area contributed by atoms with E-state index < -0.39 is 47.4 Å². The molecule has 34 heavy (non-hydrogen) atoms. The number of halogens is 1. The lowest BCUT2D eigenvalue weighted by molar-refractivity contribution is -0.385. The van der Waals surface area contributed by atoms with Crippen LogP contribution in [-0.2, 0) is 16.1 Å². The summed E-state index contributed by atoms with van der Waals surface area (Å²) in [6.45, 7) is -1.24. The Labute approximate surface area is 189 Å². The quantitative estimate of drug-likeness (QED) is 0.222. The van der Waals surface area contributed by atoms with Crippen LogP contribution >= 0.6 is 0 Å². The third kappa shape index (κ3) is 4.45. The predicted molar refractivity (Wildman–Crippen MR) is 112 cm³/mol. The van der Waals surface area contributed by atoms with Crippen LogP contribution in [0.4, 0.5) is 27.7 Å². The number of carbonyl (C=O) groups excluding carboxylic acids is 3. The Balaban J connectivity index is 1.41. The van der Waals surface area contributed by atoms with Gasteiger partial charge < -0.3 is 15.8 Å². The number of anilines is 3. The summed E-state index contributed by atoms with van der Waals surface area (Å²) in [5.74, 6) is -3.44. The number of esters is 1. The van der Waals surface area contributed by atoms with Crippen LogP contribution in [0.15, 0.2) is 42.5 Å². The predicted octanol–water partition coefficient (Wildman–Crippen LogP) is 1.58. The molecule has 172 valence electrons. The second-order valence-corrected chi connectivity index (χ2v) is 6.88. The summed E-state index contributed by atoms with van der Waals surface area (Å²) in [6, 6.07) is 8.97. The molecule has 0 radical (unpaired) electrons. The largest absolute Gasteiger partial charge is 0.456 e. The van der Waals surface area contributed by atoms with Crippen LogP contribution in [-0.4, -0.2) is 49.1 Å². The van der Waals surface area contributed by atoms with E-state index in [2.05, 4.69) is 20.3 Å². The number of rotatable bonds is 7. The standard InChI is InChI=1S/C20H14FN7O6/c21-10-4-6-11(7-5-10)23-20-25-14(24-19(22)26-20)9-34-15(29)8-27-17(30)12-2-1-3-13(28(32)33)16(12)18(27)31/h1-7H,8-9H2,(H3,22,23,24,25,26). The van der Waals surface area contributed by atoms with E-state index in [9.17, 15) is 28.9 Å². The minimum atomic E-state index is -0.982. The van der Waals surface area contributed by atoms with Crippen molar-refractivity contribution in [2.75, 3.05) is 17.6 Å². The Kier molecular flexibility index (Phi) is 5.78. The first-order valence-corrected chi connectivity index (χ1v) is 9.55. The molecule has 3 N–H and O–H groups in total. The smallest absolute Gasteiger partial charge is 0.326 e. The van der Waals surface area contributed by atoms with E-state index in [4.69, 9.17) is 10.5 Å². The molecule has 0 fully saturated rings. The molecule has 2 heterocycles. The lowest BCUT2D eigenvalue weighted by Gasteiger charge is -2.13. The number of nitrogens with zero attached hydrogens (tertiary/aromatic N) is 5. The highest BCUT2D eigenvalue weighted by atomic mass is 19.1. The average molecular weight is 467 g/mol. The van der Waals surface area contributed by atoms with Crippen LogP contribution in [0.2, 0.25) is 0 Å². The van der Waals surface area contributed by atoms with E-state index in [1.807, 2.05) is 0 Å². The van der Waals surface area contributed by atoms with Gasteiger partial charge in [0.2, 0.25) is 11.9 Å². The van der Waals surface area contributed by atoms with Gasteiger partial charge in [-0.05, 0) is 30.3 Å². The third-order valence-corrected chi connectivity index (χ3v) is 4.62. The van der Waals surface area contributed by atoms with E-state index in [1.165, 1.54) is 36.4 Å². The van der Waals surface area contributed by atoms with Crippen LogP contribution in [0.3, 0.4) is 0 Å². The number of carbonyl (C=O) groups is 3. The Morgan fingerprint density at radius 1 is 1.12 bits per heavy atom. The number of benzene rings is 2. The summed E-state index contributed by atoms with van der Waals surface area (Å²) in [5, 5.41) is 14.0. The molecule has 1 aliphatic rings. The summed E-state index contributed by atoms with van der Waals surface area (Å²) < 4.78 is 18.1. The molecule has 0 spiro atoms. The van der Waals surface area contributed by atoms with Crippen LogP contribution in [0.1, 0.15) is 26.5 Å². The second kappa shape index (κ2) is 8.85. The molecule has 0 unspecified atom stereocenters. The van der Waals surface area contributed by atoms with Crippen molar-refractivity contribution in [2.24, 2.45) is 0 Å². The number of nitrogen functional groups attached to an aromatic ring is 1. The number of hydrogen-bond donors (Lipinski definition) is 2. The number of nitro groups is 1. The number of fused-ring (bicyclic) bond motifs is 1. The van der Waals surface area contributed by atoms with Gasteiger partial charge in [-0.25, -0.2) is 4.39 Å². The molecule has 0 saturated heterocycles. The van der Waals surface area contributed by atoms with Gasteiger partial charge >= 0.3 is 5.97 Å². The highest BCUT2D eigenvalue weighted by Crippen LogP contribution is 2.30. The Hall–Kier alpha value is -5.01. The normalized spacial score (nSPS) is 12.4. The Morgan fingerprint density at radius 3 is 2.56 bits per heavy atom. The fourth-order valence-electron chi connectivity index (χ4n) is 3.15. The molecule has 1 aromatic heterocycles. The highest BCUT2D eigenvalue weighted by molar-refractivity contribution is 6.24. The zero-order chi connectivity index (χ0) is 24.4. The lowest BCUT2D eigenvalue weighted by Crippen LogP contribution is -2.35. The van der Waals surface area contributed by atoms with Crippen molar-refractivity contribution in [3.8, 4) is 0 Å². The molecule has 0 atom stereocenters. The molecule has 3 aromatic rings. The minimum Gasteiger partial charge on any atom is -0.456 e. The highest BCUT2D eigenvalue weighted by Gasteiger charge is 2.41. The number of hydrogen-bond acceptors (Lipinski definition) is 11. The van der Waals surface area contributed by atoms with Crippen molar-refractivity contribution in [1.82, 2.24) is 19.9 Å². The van der Waals surface area contributed by atoms with Gasteiger partial charge in [0.15, 0.2) is 12.4 Å². The third-order valence-electron chi connectivity index (χ3n) is 4.62. The van der Waals surface area contributed by atoms with E-state index in [-0.39, 0.29) is 28.8 Å². The fraction of sp³-hybridized carbons (Fsp3) is 0.100. The van der Waals surface area contributed by atoms with Gasteiger partial charge in [-0.2, -0.15) is 15.0 Å². The number of ether oxygens (including phenoxy) is 1. The van der Waals surface area contributed by atoms with Crippen molar-refractivity contribution in [3.05, 3.63) is 75.3 Å². The number of amides is 2. The van der Waals surface area contributed by atoms with Gasteiger partial charge in [0.25, 0.3) is 17.5 Å². The van der Waals surface area contributed by atoms with Crippen molar-refractivity contribution >= 4 is 41.1 Å². The van der Waals surface area contributed by atoms with Crippen LogP contribution in [0.25, 0.3) is 0 Å². The summed E-state index contributed by atoms with van der Waals surface area (Å²) >= 11 is 0. The first kappa shape index (κ1) is 22.2. The Morgan fingerprint density at radius 2 is 1.85 bits per heavy atom. The molecule has 14 heteroatoms. The van der Waals surface area contributed by atoms with Crippen LogP contribution in [0, 0.1) is 15.9 Å². The van der Waals surface area contributed by atoms with Crippen molar-refractivity contribution in [3.63, 3.8) is 0 Å². The first-order chi connectivity index (χ1) is 16.2. The topological polar surface area (TPSA) is 184 Å². The van der Waals surface area contributed by atoms with Gasteiger partial charge in [0, 0.05) is 11.8 Å². The van der Waals surface area contributed by atoms with Crippen LogP contribution < -0.4 is 11.1 Å². The van der Waals surface area contributed by atoms with Gasteiger partial charge in [0.05, 0.1) is 10.5 Å². The minimum absolute atomic E-state index is 0.0119. The number of aromatic nitrogens is 3. The van der Waals surface area contributed by atoms with Gasteiger partial charge in [-0.15, -0.1) is 0 Å². The number of nitrogens with two attached hydrogens (primary N) is 1. The van der Waals surface area contributed by atoms with Gasteiger partial charge in [-0.1, -0.05) is 6.07 Å². The molecule has 0 bridgehead atoms. The molecule has 0 saturated carbocycles. The SMILES string of the molecule is Nc1nc(COC(=O)CN2C(=O)c3cccc([N+](=O)[O-])c3C2=O)nc(Nc2ccc(F)cc2)n1. The van der Waals surface area contributed by atoms with E-state index >= 15 is 0 Å². The molecule has 1 aliphatic heterocycles. The van der Waals surface area contributed by atoms with Crippen molar-refractivity contribution < 1.29 is 28.4 Å². The molecule has 0 aliphatic carbocycles. The first-order valence-electron chi connectivity index (χ1n) is 9.55. The molecular weight excluding hydrogens is 453 g/mol. The van der Waals surface area contributed by atoms with E-state index in [1.54, 1.807) is 0 Å². The lowest BCUT2D eigenvalue weighted by atomic mass is 10.1. The number of nitrogens with one attached hydrogen (secondary N) is 1. The second-order valence-electron chi connectivity index (χ2n) is 6.88. The maximum absolute atomic E-state index is 13.0. The fourth-order valence-corrected chi connectivity index (χ4v) is 3.15. The monoisotopic (exact) mass is 467 g/mol. The number of nitro benzene ring substituents is 1. The molecular formula is C20H14FN7O6. The molecule has 2 amide bonds. The molecule has 2 aromatic carbocycles. The van der Waals surface area contributed by atoms with Crippen molar-refractivity contribution in [1.29, 1.82) is 0 Å². The summed E-state index contributed by atoms with van der Waals surface area (Å²) in [5.41, 5.74) is 5.02. The van der Waals surface area contributed by atoms with Crippen molar-refractivity contribution in [2.45, 2.75) is 6.61 Å². The molecule has 13 nitrogen and oxygen atoms in total. The van der Waals surface area contributed by atoms with Crippen LogP contribution in [0.5, 0.6) is 0 Å².